The molecule has 0 saturated heterocycles. The second-order valence-electron chi connectivity index (χ2n) is 4.62. The minimum atomic E-state index is -3.76. The average Bonchev–Trinajstić information content (AvgIpc) is 2.54. The molecule has 2 rings (SSSR count). The number of hydrogen-bond donors (Lipinski definition) is 1. The maximum atomic E-state index is 12.2. The fourth-order valence-electron chi connectivity index (χ4n) is 1.95. The van der Waals surface area contributed by atoms with Crippen LogP contribution < -0.4 is 9.46 Å². The quantitative estimate of drug-likeness (QED) is 0.618. The van der Waals surface area contributed by atoms with E-state index < -0.39 is 14.9 Å². The lowest BCUT2D eigenvalue weighted by molar-refractivity contribution is -0.384. The molecule has 2 aromatic rings. The summed E-state index contributed by atoms with van der Waals surface area (Å²) >= 11 is 0. The van der Waals surface area contributed by atoms with Gasteiger partial charge in [-0.2, -0.15) is 0 Å². The molecule has 8 heteroatoms. The molecule has 0 aliphatic rings. The summed E-state index contributed by atoms with van der Waals surface area (Å²) in [6.45, 7) is 2.39. The highest BCUT2D eigenvalue weighted by Crippen LogP contribution is 2.19. The van der Waals surface area contributed by atoms with E-state index in [0.717, 1.165) is 12.1 Å². The number of sulfonamides is 1. The van der Waals surface area contributed by atoms with Crippen LogP contribution in [0.1, 0.15) is 12.5 Å². The van der Waals surface area contributed by atoms with E-state index in [-0.39, 0.29) is 17.1 Å². The smallest absolute Gasteiger partial charge is 0.269 e. The number of nitro benzene ring substituents is 1. The molecule has 7 nitrogen and oxygen atoms in total. The number of nitro groups is 1. The Bertz CT molecular complexity index is 788. The first kappa shape index (κ1) is 16.9. The van der Waals surface area contributed by atoms with Crippen LogP contribution in [-0.4, -0.2) is 19.9 Å². The van der Waals surface area contributed by atoms with Gasteiger partial charge in [0.05, 0.1) is 16.4 Å². The van der Waals surface area contributed by atoms with Gasteiger partial charge >= 0.3 is 0 Å². The molecule has 0 aliphatic heterocycles. The molecule has 122 valence electrons. The van der Waals surface area contributed by atoms with Crippen LogP contribution in [0.15, 0.2) is 53.4 Å². The summed E-state index contributed by atoms with van der Waals surface area (Å²) in [5, 5.41) is 10.6. The van der Waals surface area contributed by atoms with Gasteiger partial charge in [0.2, 0.25) is 10.0 Å². The van der Waals surface area contributed by atoms with Crippen molar-refractivity contribution in [1.82, 2.24) is 4.72 Å². The van der Waals surface area contributed by atoms with Crippen LogP contribution in [0.3, 0.4) is 0 Å². The van der Waals surface area contributed by atoms with Crippen LogP contribution in [0.5, 0.6) is 5.75 Å². The van der Waals surface area contributed by atoms with Gasteiger partial charge < -0.3 is 4.74 Å². The molecular formula is C15H16N2O5S. The summed E-state index contributed by atoms with van der Waals surface area (Å²) in [7, 11) is -3.76. The van der Waals surface area contributed by atoms with Gasteiger partial charge in [0.25, 0.3) is 5.69 Å². The molecule has 0 fully saturated rings. The number of para-hydroxylation sites is 1. The van der Waals surface area contributed by atoms with Crippen molar-refractivity contribution in [1.29, 1.82) is 0 Å². The van der Waals surface area contributed by atoms with Crippen molar-refractivity contribution in [2.24, 2.45) is 0 Å². The second kappa shape index (κ2) is 7.21. The summed E-state index contributed by atoms with van der Waals surface area (Å²) in [5.41, 5.74) is 0.547. The van der Waals surface area contributed by atoms with Crippen molar-refractivity contribution >= 4 is 15.7 Å². The predicted molar refractivity (Wildman–Crippen MR) is 84.7 cm³/mol. The Hall–Kier alpha value is -2.45. The average molecular weight is 336 g/mol. The van der Waals surface area contributed by atoms with Gasteiger partial charge in [-0.3, -0.25) is 10.1 Å². The van der Waals surface area contributed by atoms with Gasteiger partial charge in [0.15, 0.2) is 0 Å². The molecule has 0 saturated carbocycles. The largest absolute Gasteiger partial charge is 0.494 e. The number of hydrogen-bond acceptors (Lipinski definition) is 5. The SMILES string of the molecule is CCOc1ccccc1CNS(=O)(=O)c1ccc([N+](=O)[O-])cc1. The Labute approximate surface area is 134 Å². The lowest BCUT2D eigenvalue weighted by Crippen LogP contribution is -2.23. The second-order valence-corrected chi connectivity index (χ2v) is 6.38. The van der Waals surface area contributed by atoms with Gasteiger partial charge in [-0.25, -0.2) is 13.1 Å². The van der Waals surface area contributed by atoms with Crippen LogP contribution >= 0.6 is 0 Å². The zero-order valence-corrected chi connectivity index (χ0v) is 13.2. The molecular weight excluding hydrogens is 320 g/mol. The van der Waals surface area contributed by atoms with Crippen molar-refractivity contribution in [3.8, 4) is 5.75 Å². The molecule has 0 bridgehead atoms. The van der Waals surface area contributed by atoms with Gasteiger partial charge in [0, 0.05) is 24.2 Å². The highest BCUT2D eigenvalue weighted by Gasteiger charge is 2.16. The van der Waals surface area contributed by atoms with Crippen molar-refractivity contribution < 1.29 is 18.1 Å². The molecule has 0 aromatic heterocycles. The van der Waals surface area contributed by atoms with Crippen LogP contribution in [0.25, 0.3) is 0 Å². The zero-order chi connectivity index (χ0) is 16.9. The van der Waals surface area contributed by atoms with E-state index in [2.05, 4.69) is 4.72 Å². The number of nitrogens with one attached hydrogen (secondary N) is 1. The maximum absolute atomic E-state index is 12.2. The van der Waals surface area contributed by atoms with Gasteiger partial charge in [0.1, 0.15) is 5.75 Å². The van der Waals surface area contributed by atoms with Crippen LogP contribution in [0, 0.1) is 10.1 Å². The maximum Gasteiger partial charge on any atom is 0.269 e. The third kappa shape index (κ3) is 4.27. The minimum absolute atomic E-state index is 0.0306. The highest BCUT2D eigenvalue weighted by atomic mass is 32.2. The number of nitrogens with zero attached hydrogens (tertiary/aromatic N) is 1. The molecule has 0 radical (unpaired) electrons. The standard InChI is InChI=1S/C15H16N2O5S/c1-2-22-15-6-4-3-5-12(15)11-16-23(20,21)14-9-7-13(8-10-14)17(18)19/h3-10,16H,2,11H2,1H3. The summed E-state index contributed by atoms with van der Waals surface area (Å²) in [6, 6.07) is 11.8. The Morgan fingerprint density at radius 3 is 2.39 bits per heavy atom. The fraction of sp³-hybridized carbons (Fsp3) is 0.200. The van der Waals surface area contributed by atoms with E-state index in [1.165, 1.54) is 12.1 Å². The molecule has 0 aliphatic carbocycles. The van der Waals surface area contributed by atoms with Crippen molar-refractivity contribution in [3.63, 3.8) is 0 Å². The highest BCUT2D eigenvalue weighted by molar-refractivity contribution is 7.89. The van der Waals surface area contributed by atoms with E-state index in [4.69, 9.17) is 4.74 Å². The van der Waals surface area contributed by atoms with Crippen LogP contribution in [0.2, 0.25) is 0 Å². The number of rotatable bonds is 7. The van der Waals surface area contributed by atoms with Crippen molar-refractivity contribution in [3.05, 3.63) is 64.2 Å². The van der Waals surface area contributed by atoms with E-state index in [1.54, 1.807) is 24.3 Å². The molecule has 1 N–H and O–H groups in total. The molecule has 0 unspecified atom stereocenters. The molecule has 0 amide bonds. The summed E-state index contributed by atoms with van der Waals surface area (Å²) < 4.78 is 32.4. The molecule has 23 heavy (non-hydrogen) atoms. The summed E-state index contributed by atoms with van der Waals surface area (Å²) in [4.78, 5) is 9.99. The predicted octanol–water partition coefficient (Wildman–Crippen LogP) is 2.47. The Morgan fingerprint density at radius 1 is 1.13 bits per heavy atom. The zero-order valence-electron chi connectivity index (χ0n) is 12.4. The number of non-ortho nitro benzene ring substituents is 1. The van der Waals surface area contributed by atoms with E-state index in [9.17, 15) is 18.5 Å². The third-order valence-corrected chi connectivity index (χ3v) is 4.50. The van der Waals surface area contributed by atoms with Gasteiger partial charge in [-0.05, 0) is 25.1 Å². The molecule has 2 aromatic carbocycles. The van der Waals surface area contributed by atoms with E-state index in [1.807, 2.05) is 6.92 Å². The van der Waals surface area contributed by atoms with Gasteiger partial charge in [-0.1, -0.05) is 18.2 Å². The Balaban J connectivity index is 2.14. The first-order valence-corrected chi connectivity index (χ1v) is 8.37. The lowest BCUT2D eigenvalue weighted by Gasteiger charge is -2.11. The van der Waals surface area contributed by atoms with Crippen molar-refractivity contribution in [2.75, 3.05) is 6.61 Å². The third-order valence-electron chi connectivity index (χ3n) is 3.08. The first-order valence-electron chi connectivity index (χ1n) is 6.89. The Kier molecular flexibility index (Phi) is 5.30. The summed E-state index contributed by atoms with van der Waals surface area (Å²) in [5.74, 6) is 0.612. The summed E-state index contributed by atoms with van der Waals surface area (Å²) in [6.07, 6.45) is 0. The van der Waals surface area contributed by atoms with Crippen LogP contribution in [0.4, 0.5) is 5.69 Å². The first-order chi connectivity index (χ1) is 10.9. The van der Waals surface area contributed by atoms with Crippen LogP contribution in [-0.2, 0) is 16.6 Å². The fourth-order valence-corrected chi connectivity index (χ4v) is 2.96. The number of ether oxygens (including phenoxy) is 1. The van der Waals surface area contributed by atoms with E-state index in [0.29, 0.717) is 17.9 Å². The lowest BCUT2D eigenvalue weighted by atomic mass is 10.2. The molecule has 0 spiro atoms. The Morgan fingerprint density at radius 2 is 1.78 bits per heavy atom. The normalized spacial score (nSPS) is 11.2. The number of benzene rings is 2. The van der Waals surface area contributed by atoms with E-state index >= 15 is 0 Å². The monoisotopic (exact) mass is 336 g/mol. The van der Waals surface area contributed by atoms with Gasteiger partial charge in [-0.15, -0.1) is 0 Å². The molecule has 0 heterocycles. The minimum Gasteiger partial charge on any atom is -0.494 e. The van der Waals surface area contributed by atoms with Crippen molar-refractivity contribution in [2.45, 2.75) is 18.4 Å². The molecule has 0 atom stereocenters. The topological polar surface area (TPSA) is 98.5 Å².